The minimum Gasteiger partial charge on any atom is -0.490 e. The van der Waals surface area contributed by atoms with Crippen LogP contribution < -0.4 is 10.1 Å². The van der Waals surface area contributed by atoms with Crippen molar-refractivity contribution in [2.75, 3.05) is 32.8 Å². The minimum atomic E-state index is -1.09. The van der Waals surface area contributed by atoms with Gasteiger partial charge in [-0.2, -0.15) is 0 Å². The number of hydrogen-bond acceptors (Lipinski definition) is 9. The molecule has 2 aliphatic rings. The minimum absolute atomic E-state index is 0.0632. The summed E-state index contributed by atoms with van der Waals surface area (Å²) in [6, 6.07) is 11.7. The monoisotopic (exact) mass is 568 g/mol. The van der Waals surface area contributed by atoms with E-state index < -0.39 is 30.0 Å². The highest BCUT2D eigenvalue weighted by atomic mass is 16.8. The molecule has 2 amide bonds. The number of nitrogens with zero attached hydrogens (tertiary/aromatic N) is 3. The molecule has 1 saturated heterocycles. The number of amides is 2. The van der Waals surface area contributed by atoms with Crippen LogP contribution in [0.4, 0.5) is 4.79 Å². The third-order valence-electron chi connectivity index (χ3n) is 6.97. The van der Waals surface area contributed by atoms with Gasteiger partial charge in [0.25, 0.3) is 5.91 Å². The van der Waals surface area contributed by atoms with Crippen LogP contribution in [0.5, 0.6) is 5.75 Å². The van der Waals surface area contributed by atoms with Crippen LogP contribution in [-0.4, -0.2) is 88.9 Å². The highest BCUT2D eigenvalue weighted by Gasteiger charge is 2.31. The second-order valence-electron chi connectivity index (χ2n) is 9.95. The van der Waals surface area contributed by atoms with E-state index >= 15 is 0 Å². The van der Waals surface area contributed by atoms with E-state index in [1.54, 1.807) is 19.1 Å². The lowest BCUT2D eigenvalue weighted by Gasteiger charge is -2.35. The van der Waals surface area contributed by atoms with E-state index in [-0.39, 0.29) is 57.4 Å². The second-order valence-corrected chi connectivity index (χ2v) is 9.95. The molecule has 1 aliphatic carbocycles. The second kappa shape index (κ2) is 14.4. The number of hydroxylamine groups is 2. The molecular formula is C29H36N4O8. The predicted octanol–water partition coefficient (Wildman–Crippen LogP) is 3.27. The molecule has 2 aromatic rings. The van der Waals surface area contributed by atoms with Gasteiger partial charge in [0.1, 0.15) is 17.5 Å². The fourth-order valence-electron chi connectivity index (χ4n) is 4.87. The number of nitrogens with one attached hydrogen (secondary N) is 1. The molecule has 1 aliphatic heterocycles. The summed E-state index contributed by atoms with van der Waals surface area (Å²) < 4.78 is 11.0. The Morgan fingerprint density at radius 3 is 2.41 bits per heavy atom. The highest BCUT2D eigenvalue weighted by Crippen LogP contribution is 2.28. The molecule has 2 N–H and O–H groups in total. The first kappa shape index (κ1) is 29.8. The van der Waals surface area contributed by atoms with Gasteiger partial charge in [-0.3, -0.25) is 14.4 Å². The fraction of sp³-hybridized carbons (Fsp3) is 0.483. The Morgan fingerprint density at radius 2 is 1.76 bits per heavy atom. The van der Waals surface area contributed by atoms with Gasteiger partial charge in [-0.1, -0.05) is 30.3 Å². The maximum Gasteiger partial charge on any atom is 0.527 e. The van der Waals surface area contributed by atoms with Crippen molar-refractivity contribution in [1.29, 1.82) is 0 Å². The fourth-order valence-corrected chi connectivity index (χ4v) is 4.87. The van der Waals surface area contributed by atoms with E-state index in [1.807, 2.05) is 30.3 Å². The van der Waals surface area contributed by atoms with Gasteiger partial charge in [0.2, 0.25) is 5.91 Å². The molecule has 0 radical (unpaired) electrons. The third-order valence-corrected chi connectivity index (χ3v) is 6.97. The number of pyridine rings is 1. The number of rotatable bonds is 11. The van der Waals surface area contributed by atoms with Crippen LogP contribution in [0.25, 0.3) is 11.3 Å². The van der Waals surface area contributed by atoms with E-state index in [4.69, 9.17) is 14.3 Å². The molecule has 1 aromatic heterocycles. The number of ether oxygens (including phenoxy) is 2. The Labute approximate surface area is 238 Å². The molecule has 1 aromatic carbocycles. The Balaban J connectivity index is 1.49. The first-order chi connectivity index (χ1) is 19.8. The summed E-state index contributed by atoms with van der Waals surface area (Å²) in [6.07, 6.45) is 2.90. The van der Waals surface area contributed by atoms with Crippen LogP contribution in [0.1, 0.15) is 55.9 Å². The summed E-state index contributed by atoms with van der Waals surface area (Å²) >= 11 is 0. The van der Waals surface area contributed by atoms with Gasteiger partial charge < -0.3 is 29.6 Å². The first-order valence-electron chi connectivity index (χ1n) is 14.0. The Morgan fingerprint density at radius 1 is 1.05 bits per heavy atom. The third kappa shape index (κ3) is 8.65. The van der Waals surface area contributed by atoms with E-state index in [9.17, 15) is 24.3 Å². The van der Waals surface area contributed by atoms with Crippen LogP contribution in [0.2, 0.25) is 0 Å². The molecule has 2 heterocycles. The Bertz CT molecular complexity index is 1210. The number of benzene rings is 1. The van der Waals surface area contributed by atoms with Crippen molar-refractivity contribution in [2.45, 2.75) is 57.6 Å². The van der Waals surface area contributed by atoms with Crippen molar-refractivity contribution in [3.8, 4) is 17.0 Å². The summed E-state index contributed by atoms with van der Waals surface area (Å²) in [7, 11) is 0. The molecule has 220 valence electrons. The van der Waals surface area contributed by atoms with Crippen LogP contribution in [0.3, 0.4) is 0 Å². The van der Waals surface area contributed by atoms with Crippen LogP contribution >= 0.6 is 0 Å². The van der Waals surface area contributed by atoms with Crippen molar-refractivity contribution >= 4 is 23.9 Å². The topological polar surface area (TPSA) is 148 Å². The predicted molar refractivity (Wildman–Crippen MR) is 147 cm³/mol. The lowest BCUT2D eigenvalue weighted by atomic mass is 10.1. The molecule has 12 nitrogen and oxygen atoms in total. The lowest BCUT2D eigenvalue weighted by Crippen LogP contribution is -2.55. The molecule has 1 saturated carbocycles. The van der Waals surface area contributed by atoms with Gasteiger partial charge in [0.15, 0.2) is 0 Å². The van der Waals surface area contributed by atoms with E-state index in [0.717, 1.165) is 31.2 Å². The summed E-state index contributed by atoms with van der Waals surface area (Å²) in [6.45, 7) is 2.77. The maximum atomic E-state index is 13.5. The quantitative estimate of drug-likeness (QED) is 0.387. The van der Waals surface area contributed by atoms with E-state index in [0.29, 0.717) is 11.4 Å². The highest BCUT2D eigenvalue weighted by molar-refractivity contribution is 5.97. The van der Waals surface area contributed by atoms with E-state index in [1.165, 1.54) is 9.96 Å². The lowest BCUT2D eigenvalue weighted by molar-refractivity contribution is -0.157. The smallest absolute Gasteiger partial charge is 0.490 e. The molecular weight excluding hydrogens is 532 g/mol. The van der Waals surface area contributed by atoms with Gasteiger partial charge in [-0.15, -0.1) is 5.06 Å². The SMILES string of the molecule is CCOC(=O)ON1CCN(C(=O)[C@H](CCC(=O)O)NC(=O)c2cc(OC3CCCC3)cc(-c3ccccc3)n2)CC1. The summed E-state index contributed by atoms with van der Waals surface area (Å²) in [5.74, 6) is -1.59. The number of piperazine rings is 1. The average molecular weight is 569 g/mol. The molecule has 0 unspecified atom stereocenters. The van der Waals surface area contributed by atoms with Gasteiger partial charge in [0.05, 0.1) is 31.5 Å². The molecule has 41 heavy (non-hydrogen) atoms. The van der Waals surface area contributed by atoms with Gasteiger partial charge in [-0.05, 0) is 39.0 Å². The zero-order valence-corrected chi connectivity index (χ0v) is 23.1. The molecule has 2 fully saturated rings. The first-order valence-corrected chi connectivity index (χ1v) is 14.0. The van der Waals surface area contributed by atoms with Gasteiger partial charge in [0, 0.05) is 37.2 Å². The van der Waals surface area contributed by atoms with Crippen molar-refractivity contribution in [1.82, 2.24) is 20.3 Å². The number of carboxylic acid groups (broad SMARTS) is 1. The van der Waals surface area contributed by atoms with Crippen LogP contribution in [-0.2, 0) is 19.2 Å². The number of carbonyl (C=O) groups excluding carboxylic acids is 3. The van der Waals surface area contributed by atoms with Crippen molar-refractivity contribution in [2.24, 2.45) is 0 Å². The Hall–Kier alpha value is -4.19. The van der Waals surface area contributed by atoms with E-state index in [2.05, 4.69) is 10.3 Å². The zero-order chi connectivity index (χ0) is 29.2. The molecule has 1 atom stereocenters. The summed E-state index contributed by atoms with van der Waals surface area (Å²) in [5.41, 5.74) is 1.43. The van der Waals surface area contributed by atoms with Crippen LogP contribution in [0, 0.1) is 0 Å². The maximum absolute atomic E-state index is 13.5. The Kier molecular flexibility index (Phi) is 10.5. The number of carboxylic acids is 1. The number of aliphatic carboxylic acids is 1. The summed E-state index contributed by atoms with van der Waals surface area (Å²) in [4.78, 5) is 61.0. The molecule has 4 rings (SSSR count). The van der Waals surface area contributed by atoms with Gasteiger partial charge >= 0.3 is 12.1 Å². The van der Waals surface area contributed by atoms with Crippen molar-refractivity contribution in [3.63, 3.8) is 0 Å². The molecule has 0 bridgehead atoms. The normalized spacial score (nSPS) is 16.6. The number of hydrogen-bond donors (Lipinski definition) is 2. The molecule has 12 heteroatoms. The largest absolute Gasteiger partial charge is 0.527 e. The van der Waals surface area contributed by atoms with Crippen molar-refractivity contribution < 1.29 is 38.6 Å². The number of aromatic nitrogens is 1. The van der Waals surface area contributed by atoms with Crippen molar-refractivity contribution in [3.05, 3.63) is 48.2 Å². The zero-order valence-electron chi connectivity index (χ0n) is 23.1. The molecule has 0 spiro atoms. The van der Waals surface area contributed by atoms with Gasteiger partial charge in [-0.25, -0.2) is 9.78 Å². The standard InChI is InChI=1S/C29H36N4O8/c1-2-39-29(38)41-33-16-14-32(15-17-33)28(37)23(12-13-26(34)35)31-27(36)25-19-22(40-21-10-6-7-11-21)18-24(30-25)20-8-4-3-5-9-20/h3-5,8-9,18-19,21,23H,2,6-7,10-17H2,1H3,(H,31,36)(H,34,35)/t23-/m0/s1. The average Bonchev–Trinajstić information content (AvgIpc) is 3.48. The van der Waals surface area contributed by atoms with Crippen LogP contribution in [0.15, 0.2) is 42.5 Å². The number of carbonyl (C=O) groups is 4. The summed E-state index contributed by atoms with van der Waals surface area (Å²) in [5, 5.41) is 13.4.